The fourth-order valence-corrected chi connectivity index (χ4v) is 3.60. The van der Waals surface area contributed by atoms with Crippen LogP contribution in [0.5, 0.6) is 0 Å². The van der Waals surface area contributed by atoms with Crippen LogP contribution in [-0.4, -0.2) is 13.4 Å². The first-order chi connectivity index (χ1) is 9.31. The summed E-state index contributed by atoms with van der Waals surface area (Å²) in [6.45, 7) is 1.64. The minimum absolute atomic E-state index is 0.0266. The summed E-state index contributed by atoms with van der Waals surface area (Å²) in [5, 5.41) is 0.424. The summed E-state index contributed by atoms with van der Waals surface area (Å²) in [6.07, 6.45) is 0. The molecule has 2 rings (SSSR count). The monoisotopic (exact) mass is 350 g/mol. The maximum atomic E-state index is 12.3. The zero-order chi connectivity index (χ0) is 14.9. The number of halogens is 3. The molecule has 1 heterocycles. The highest BCUT2D eigenvalue weighted by Gasteiger charge is 2.20. The van der Waals surface area contributed by atoms with Crippen LogP contribution in [0.3, 0.4) is 0 Å². The Bertz CT molecular complexity index is 763. The van der Waals surface area contributed by atoms with E-state index < -0.39 is 10.0 Å². The van der Waals surface area contributed by atoms with Gasteiger partial charge in [-0.3, -0.25) is 4.72 Å². The first-order valence-electron chi connectivity index (χ1n) is 5.41. The van der Waals surface area contributed by atoms with Gasteiger partial charge in [-0.1, -0.05) is 40.9 Å². The van der Waals surface area contributed by atoms with Crippen LogP contribution in [0.2, 0.25) is 15.2 Å². The van der Waals surface area contributed by atoms with Gasteiger partial charge in [0.1, 0.15) is 10.0 Å². The fraction of sp³-hybridized carbons (Fsp3) is 0.0833. The Morgan fingerprint density at radius 1 is 1.10 bits per heavy atom. The van der Waals surface area contributed by atoms with Crippen LogP contribution < -0.4 is 4.72 Å². The minimum Gasteiger partial charge on any atom is -0.278 e. The number of aryl methyl sites for hydroxylation is 1. The van der Waals surface area contributed by atoms with Gasteiger partial charge in [0.2, 0.25) is 0 Å². The molecule has 0 aliphatic heterocycles. The molecule has 0 aliphatic carbocycles. The van der Waals surface area contributed by atoms with Crippen molar-refractivity contribution >= 4 is 50.5 Å². The zero-order valence-corrected chi connectivity index (χ0v) is 13.3. The minimum atomic E-state index is -3.85. The highest BCUT2D eigenvalue weighted by molar-refractivity contribution is 7.92. The summed E-state index contributed by atoms with van der Waals surface area (Å²) in [4.78, 5) is 3.87. The van der Waals surface area contributed by atoms with Gasteiger partial charge in [0.25, 0.3) is 10.0 Å². The van der Waals surface area contributed by atoms with Gasteiger partial charge >= 0.3 is 0 Å². The SMILES string of the molecule is Cc1nc(Cl)ccc1NS(=O)(=O)c1cccc(Cl)c1Cl. The molecule has 1 N–H and O–H groups in total. The van der Waals surface area contributed by atoms with E-state index in [1.54, 1.807) is 6.92 Å². The van der Waals surface area contributed by atoms with Crippen LogP contribution in [0.1, 0.15) is 5.69 Å². The van der Waals surface area contributed by atoms with Gasteiger partial charge in [-0.2, -0.15) is 0 Å². The van der Waals surface area contributed by atoms with Crippen LogP contribution in [0.4, 0.5) is 5.69 Å². The summed E-state index contributed by atoms with van der Waals surface area (Å²) in [6, 6.07) is 7.41. The van der Waals surface area contributed by atoms with Crippen LogP contribution in [0.15, 0.2) is 35.2 Å². The number of benzene rings is 1. The van der Waals surface area contributed by atoms with E-state index in [0.29, 0.717) is 11.4 Å². The van der Waals surface area contributed by atoms with Gasteiger partial charge in [0.15, 0.2) is 0 Å². The molecule has 0 saturated heterocycles. The Labute approximate surface area is 131 Å². The molecular weight excluding hydrogens is 343 g/mol. The number of hydrogen-bond donors (Lipinski definition) is 1. The van der Waals surface area contributed by atoms with Gasteiger partial charge in [0.05, 0.1) is 21.4 Å². The lowest BCUT2D eigenvalue weighted by molar-refractivity contribution is 0.601. The topological polar surface area (TPSA) is 59.1 Å². The smallest absolute Gasteiger partial charge is 0.263 e. The Morgan fingerprint density at radius 2 is 1.80 bits per heavy atom. The second kappa shape index (κ2) is 5.77. The largest absolute Gasteiger partial charge is 0.278 e. The molecule has 20 heavy (non-hydrogen) atoms. The number of rotatable bonds is 3. The summed E-state index contributed by atoms with van der Waals surface area (Å²) >= 11 is 17.5. The van der Waals surface area contributed by atoms with Gasteiger partial charge in [-0.05, 0) is 31.2 Å². The van der Waals surface area contributed by atoms with Gasteiger partial charge in [-0.15, -0.1) is 0 Å². The lowest BCUT2D eigenvalue weighted by Gasteiger charge is -2.11. The van der Waals surface area contributed by atoms with E-state index >= 15 is 0 Å². The quantitative estimate of drug-likeness (QED) is 0.845. The summed E-state index contributed by atoms with van der Waals surface area (Å²) in [5.74, 6) is 0. The van der Waals surface area contributed by atoms with Crippen molar-refractivity contribution in [1.82, 2.24) is 4.98 Å². The Balaban J connectivity index is 2.44. The molecule has 106 valence electrons. The van der Waals surface area contributed by atoms with Gasteiger partial charge < -0.3 is 0 Å². The predicted octanol–water partition coefficient (Wildman–Crippen LogP) is 4.15. The van der Waals surface area contributed by atoms with Crippen LogP contribution in [0.25, 0.3) is 0 Å². The van der Waals surface area contributed by atoms with Crippen molar-refractivity contribution in [3.05, 3.63) is 51.2 Å². The van der Waals surface area contributed by atoms with E-state index in [1.807, 2.05) is 0 Å². The molecule has 4 nitrogen and oxygen atoms in total. The van der Waals surface area contributed by atoms with Gasteiger partial charge in [0, 0.05) is 0 Å². The molecule has 0 bridgehead atoms. The van der Waals surface area contributed by atoms with Crippen LogP contribution in [0, 0.1) is 6.92 Å². The third-order valence-corrected chi connectivity index (χ3v) is 5.05. The number of nitrogens with one attached hydrogen (secondary N) is 1. The van der Waals surface area contributed by atoms with E-state index in [-0.39, 0.29) is 20.1 Å². The van der Waals surface area contributed by atoms with E-state index in [9.17, 15) is 8.42 Å². The van der Waals surface area contributed by atoms with Crippen molar-refractivity contribution in [2.45, 2.75) is 11.8 Å². The number of pyridine rings is 1. The Hall–Kier alpha value is -1.01. The highest BCUT2D eigenvalue weighted by atomic mass is 35.5. The lowest BCUT2D eigenvalue weighted by atomic mass is 10.3. The van der Waals surface area contributed by atoms with Crippen LogP contribution >= 0.6 is 34.8 Å². The lowest BCUT2D eigenvalue weighted by Crippen LogP contribution is -2.14. The van der Waals surface area contributed by atoms with E-state index in [4.69, 9.17) is 34.8 Å². The third-order valence-electron chi connectivity index (χ3n) is 2.50. The third kappa shape index (κ3) is 3.17. The predicted molar refractivity (Wildman–Crippen MR) is 81.3 cm³/mol. The number of hydrogen-bond acceptors (Lipinski definition) is 3. The second-order valence-corrected chi connectivity index (χ2v) is 6.75. The zero-order valence-electron chi connectivity index (χ0n) is 10.2. The summed E-state index contributed by atoms with van der Waals surface area (Å²) < 4.78 is 27.0. The molecule has 2 aromatic rings. The molecule has 0 spiro atoms. The van der Waals surface area contributed by atoms with Crippen molar-refractivity contribution in [2.24, 2.45) is 0 Å². The molecular formula is C12H9Cl3N2O2S. The van der Waals surface area contributed by atoms with Crippen molar-refractivity contribution in [2.75, 3.05) is 4.72 Å². The summed E-state index contributed by atoms with van der Waals surface area (Å²) in [5.41, 5.74) is 0.782. The second-order valence-electron chi connectivity index (χ2n) is 3.92. The Kier molecular flexibility index (Phi) is 4.44. The Morgan fingerprint density at radius 3 is 2.45 bits per heavy atom. The van der Waals surface area contributed by atoms with Crippen molar-refractivity contribution in [3.63, 3.8) is 0 Å². The molecule has 0 radical (unpaired) electrons. The van der Waals surface area contributed by atoms with E-state index in [0.717, 1.165) is 0 Å². The maximum absolute atomic E-state index is 12.3. The molecule has 0 unspecified atom stereocenters. The number of anilines is 1. The molecule has 0 atom stereocenters. The fourth-order valence-electron chi connectivity index (χ4n) is 1.53. The van der Waals surface area contributed by atoms with E-state index in [1.165, 1.54) is 30.3 Å². The van der Waals surface area contributed by atoms with Crippen molar-refractivity contribution in [3.8, 4) is 0 Å². The maximum Gasteiger partial charge on any atom is 0.263 e. The van der Waals surface area contributed by atoms with Crippen molar-refractivity contribution < 1.29 is 8.42 Å². The van der Waals surface area contributed by atoms with Crippen LogP contribution in [-0.2, 0) is 10.0 Å². The standard InChI is InChI=1S/C12H9Cl3N2O2S/c1-7-9(5-6-11(14)16-7)17-20(18,19)10-4-2-3-8(13)12(10)15/h2-6,17H,1H3. The average molecular weight is 352 g/mol. The number of nitrogens with zero attached hydrogens (tertiary/aromatic N) is 1. The first-order valence-corrected chi connectivity index (χ1v) is 8.03. The van der Waals surface area contributed by atoms with Crippen molar-refractivity contribution in [1.29, 1.82) is 0 Å². The normalized spacial score (nSPS) is 11.4. The molecule has 0 aliphatic rings. The summed E-state index contributed by atoms with van der Waals surface area (Å²) in [7, 11) is -3.85. The highest BCUT2D eigenvalue weighted by Crippen LogP contribution is 2.30. The first kappa shape index (κ1) is 15.4. The molecule has 8 heteroatoms. The molecule has 1 aromatic carbocycles. The molecule has 0 fully saturated rings. The van der Waals surface area contributed by atoms with Gasteiger partial charge in [-0.25, -0.2) is 13.4 Å². The number of sulfonamides is 1. The van der Waals surface area contributed by atoms with E-state index in [2.05, 4.69) is 9.71 Å². The average Bonchev–Trinajstić information content (AvgIpc) is 2.36. The number of aromatic nitrogens is 1. The molecule has 1 aromatic heterocycles. The molecule has 0 saturated carbocycles. The molecule has 0 amide bonds.